The van der Waals surface area contributed by atoms with E-state index in [0.717, 1.165) is 42.5 Å². The molecule has 1 aliphatic rings. The van der Waals surface area contributed by atoms with E-state index in [1.54, 1.807) is 0 Å². The lowest BCUT2D eigenvalue weighted by molar-refractivity contribution is 0.00739. The SMILES string of the molecule is CCC(N)Cc1cc(OC2CCCOC2)ccc1Br. The summed E-state index contributed by atoms with van der Waals surface area (Å²) >= 11 is 3.58. The summed E-state index contributed by atoms with van der Waals surface area (Å²) in [5.41, 5.74) is 7.24. The van der Waals surface area contributed by atoms with Crippen LogP contribution in [0.2, 0.25) is 0 Å². The standard InChI is InChI=1S/C15H22BrNO2/c1-2-12(17)8-11-9-13(5-6-15(11)16)19-14-4-3-7-18-10-14/h5-6,9,12,14H,2-4,7-8,10,17H2,1H3. The molecule has 1 fully saturated rings. The third-order valence-corrected chi connectivity index (χ3v) is 4.22. The van der Waals surface area contributed by atoms with Gasteiger partial charge in [0.2, 0.25) is 0 Å². The second-order valence-electron chi connectivity index (χ2n) is 5.08. The van der Waals surface area contributed by atoms with Crippen molar-refractivity contribution in [2.75, 3.05) is 13.2 Å². The Hall–Kier alpha value is -0.580. The molecule has 2 unspecified atom stereocenters. The van der Waals surface area contributed by atoms with E-state index in [1.165, 1.54) is 5.56 Å². The zero-order chi connectivity index (χ0) is 13.7. The van der Waals surface area contributed by atoms with Crippen LogP contribution in [-0.4, -0.2) is 25.4 Å². The van der Waals surface area contributed by atoms with Gasteiger partial charge < -0.3 is 15.2 Å². The highest BCUT2D eigenvalue weighted by molar-refractivity contribution is 9.10. The summed E-state index contributed by atoms with van der Waals surface area (Å²) in [6.07, 6.45) is 4.18. The summed E-state index contributed by atoms with van der Waals surface area (Å²) in [5.74, 6) is 0.914. The molecule has 19 heavy (non-hydrogen) atoms. The van der Waals surface area contributed by atoms with Crippen molar-refractivity contribution in [3.8, 4) is 5.75 Å². The Morgan fingerprint density at radius 1 is 1.53 bits per heavy atom. The molecule has 0 radical (unpaired) electrons. The van der Waals surface area contributed by atoms with Crippen LogP contribution in [0.3, 0.4) is 0 Å². The number of benzene rings is 1. The lowest BCUT2D eigenvalue weighted by Crippen LogP contribution is -2.28. The Labute approximate surface area is 123 Å². The highest BCUT2D eigenvalue weighted by Crippen LogP contribution is 2.25. The van der Waals surface area contributed by atoms with Crippen molar-refractivity contribution in [1.82, 2.24) is 0 Å². The molecule has 0 aromatic heterocycles. The summed E-state index contributed by atoms with van der Waals surface area (Å²) in [4.78, 5) is 0. The molecule has 2 atom stereocenters. The minimum atomic E-state index is 0.183. The molecule has 1 heterocycles. The van der Waals surface area contributed by atoms with Gasteiger partial charge in [0, 0.05) is 17.1 Å². The maximum Gasteiger partial charge on any atom is 0.122 e. The molecule has 1 saturated heterocycles. The first-order valence-electron chi connectivity index (χ1n) is 6.97. The predicted molar refractivity (Wildman–Crippen MR) is 80.6 cm³/mol. The fourth-order valence-electron chi connectivity index (χ4n) is 2.20. The van der Waals surface area contributed by atoms with Crippen molar-refractivity contribution in [1.29, 1.82) is 0 Å². The normalized spacial score (nSPS) is 21.1. The van der Waals surface area contributed by atoms with Crippen LogP contribution < -0.4 is 10.5 Å². The monoisotopic (exact) mass is 327 g/mol. The number of nitrogens with two attached hydrogens (primary N) is 1. The van der Waals surface area contributed by atoms with E-state index in [1.807, 2.05) is 12.1 Å². The summed E-state index contributed by atoms with van der Waals surface area (Å²) in [7, 11) is 0. The van der Waals surface area contributed by atoms with Crippen LogP contribution >= 0.6 is 15.9 Å². The topological polar surface area (TPSA) is 44.5 Å². The summed E-state index contributed by atoms with van der Waals surface area (Å²) in [5, 5.41) is 0. The van der Waals surface area contributed by atoms with Gasteiger partial charge in [-0.1, -0.05) is 22.9 Å². The summed E-state index contributed by atoms with van der Waals surface area (Å²) in [6.45, 7) is 3.66. The van der Waals surface area contributed by atoms with Crippen molar-refractivity contribution in [3.63, 3.8) is 0 Å². The third-order valence-electron chi connectivity index (χ3n) is 3.44. The minimum Gasteiger partial charge on any atom is -0.488 e. The molecule has 3 nitrogen and oxygen atoms in total. The fraction of sp³-hybridized carbons (Fsp3) is 0.600. The second kappa shape index (κ2) is 7.27. The summed E-state index contributed by atoms with van der Waals surface area (Å²) < 4.78 is 12.5. The third kappa shape index (κ3) is 4.48. The highest BCUT2D eigenvalue weighted by Gasteiger charge is 2.16. The molecular formula is C15H22BrNO2. The van der Waals surface area contributed by atoms with Gasteiger partial charge in [-0.2, -0.15) is 0 Å². The largest absolute Gasteiger partial charge is 0.488 e. The molecule has 1 aliphatic heterocycles. The summed E-state index contributed by atoms with van der Waals surface area (Å²) in [6, 6.07) is 6.33. The first kappa shape index (κ1) is 14.8. The van der Waals surface area contributed by atoms with Crippen LogP contribution in [0.1, 0.15) is 31.7 Å². The van der Waals surface area contributed by atoms with Crippen LogP contribution in [-0.2, 0) is 11.2 Å². The lowest BCUT2D eigenvalue weighted by Gasteiger charge is -2.23. The Balaban J connectivity index is 2.02. The van der Waals surface area contributed by atoms with Crippen molar-refractivity contribution >= 4 is 15.9 Å². The first-order valence-corrected chi connectivity index (χ1v) is 7.76. The van der Waals surface area contributed by atoms with Crippen LogP contribution in [0.5, 0.6) is 5.75 Å². The van der Waals surface area contributed by atoms with E-state index in [4.69, 9.17) is 15.2 Å². The average Bonchev–Trinajstić information content (AvgIpc) is 2.43. The minimum absolute atomic E-state index is 0.183. The Morgan fingerprint density at radius 3 is 3.05 bits per heavy atom. The van der Waals surface area contributed by atoms with Crippen molar-refractivity contribution in [3.05, 3.63) is 28.2 Å². The van der Waals surface area contributed by atoms with Gasteiger partial charge in [-0.05, 0) is 49.4 Å². The van der Waals surface area contributed by atoms with Gasteiger partial charge in [0.05, 0.1) is 6.61 Å². The van der Waals surface area contributed by atoms with Crippen molar-refractivity contribution in [2.45, 2.75) is 44.8 Å². The molecule has 2 rings (SSSR count). The molecule has 106 valence electrons. The fourth-order valence-corrected chi connectivity index (χ4v) is 2.61. The Morgan fingerprint density at radius 2 is 2.37 bits per heavy atom. The maximum atomic E-state index is 6.03. The molecule has 0 amide bonds. The molecule has 1 aromatic carbocycles. The predicted octanol–water partition coefficient (Wildman–Crippen LogP) is 3.29. The molecule has 0 spiro atoms. The molecule has 2 N–H and O–H groups in total. The number of halogens is 1. The van der Waals surface area contributed by atoms with Gasteiger partial charge in [0.25, 0.3) is 0 Å². The van der Waals surface area contributed by atoms with E-state index >= 15 is 0 Å². The van der Waals surface area contributed by atoms with E-state index in [0.29, 0.717) is 6.61 Å². The van der Waals surface area contributed by atoms with Crippen LogP contribution in [0, 0.1) is 0 Å². The molecule has 0 aliphatic carbocycles. The highest BCUT2D eigenvalue weighted by atomic mass is 79.9. The van der Waals surface area contributed by atoms with Crippen LogP contribution in [0.15, 0.2) is 22.7 Å². The van der Waals surface area contributed by atoms with Gasteiger partial charge in [0.1, 0.15) is 11.9 Å². The number of ether oxygens (including phenoxy) is 2. The molecule has 4 heteroatoms. The van der Waals surface area contributed by atoms with Crippen molar-refractivity contribution in [2.24, 2.45) is 5.73 Å². The van der Waals surface area contributed by atoms with Crippen LogP contribution in [0.25, 0.3) is 0 Å². The van der Waals surface area contributed by atoms with Crippen molar-refractivity contribution < 1.29 is 9.47 Å². The van der Waals surface area contributed by atoms with Crippen LogP contribution in [0.4, 0.5) is 0 Å². The first-order chi connectivity index (χ1) is 9.19. The zero-order valence-electron chi connectivity index (χ0n) is 11.4. The van der Waals surface area contributed by atoms with Gasteiger partial charge in [-0.25, -0.2) is 0 Å². The van der Waals surface area contributed by atoms with E-state index in [-0.39, 0.29) is 12.1 Å². The Bertz CT molecular complexity index is 405. The quantitative estimate of drug-likeness (QED) is 0.902. The number of hydrogen-bond acceptors (Lipinski definition) is 3. The second-order valence-corrected chi connectivity index (χ2v) is 5.94. The molecule has 0 bridgehead atoms. The number of rotatable bonds is 5. The van der Waals surface area contributed by atoms with Gasteiger partial charge in [-0.15, -0.1) is 0 Å². The van der Waals surface area contributed by atoms with E-state index in [2.05, 4.69) is 28.9 Å². The average molecular weight is 328 g/mol. The van der Waals surface area contributed by atoms with E-state index in [9.17, 15) is 0 Å². The Kier molecular flexibility index (Phi) is 5.67. The van der Waals surface area contributed by atoms with Gasteiger partial charge >= 0.3 is 0 Å². The molecule has 1 aromatic rings. The maximum absolute atomic E-state index is 6.03. The lowest BCUT2D eigenvalue weighted by atomic mass is 10.0. The smallest absolute Gasteiger partial charge is 0.122 e. The van der Waals surface area contributed by atoms with Gasteiger partial charge in [0.15, 0.2) is 0 Å². The van der Waals surface area contributed by atoms with Gasteiger partial charge in [-0.3, -0.25) is 0 Å². The molecular weight excluding hydrogens is 306 g/mol. The number of hydrogen-bond donors (Lipinski definition) is 1. The zero-order valence-corrected chi connectivity index (χ0v) is 13.0. The van der Waals surface area contributed by atoms with E-state index < -0.39 is 0 Å². The molecule has 0 saturated carbocycles.